The Morgan fingerprint density at radius 1 is 1.00 bits per heavy atom. The van der Waals surface area contributed by atoms with Crippen LogP contribution in [0.5, 0.6) is 0 Å². The molecule has 2 aromatic heterocycles. The van der Waals surface area contributed by atoms with E-state index in [-0.39, 0.29) is 28.9 Å². The second-order valence-corrected chi connectivity index (χ2v) is 13.2. The minimum atomic E-state index is -1.34. The molecule has 48 heavy (non-hydrogen) atoms. The van der Waals surface area contributed by atoms with Gasteiger partial charge in [0.05, 0.1) is 11.2 Å². The SMILES string of the molecule is CCc1cc(Nc2cc(=O)n(CCCCN3CCN(c4cc5c(cc4F)c(=O)c(C(=O)O)cn5C(C)(C)C)CC3)c(=O)[nH]2)ccc1C.Cl. The number of hydrogen-bond acceptors (Lipinski definition) is 7. The van der Waals surface area contributed by atoms with Gasteiger partial charge in [0.25, 0.3) is 5.56 Å². The summed E-state index contributed by atoms with van der Waals surface area (Å²) in [6, 6.07) is 10.2. The predicted octanol–water partition coefficient (Wildman–Crippen LogP) is 5.08. The van der Waals surface area contributed by atoms with Gasteiger partial charge in [-0.25, -0.2) is 14.0 Å². The fourth-order valence-corrected chi connectivity index (χ4v) is 6.19. The molecule has 0 saturated carbocycles. The quantitative estimate of drug-likeness (QED) is 0.197. The molecule has 3 heterocycles. The van der Waals surface area contributed by atoms with Gasteiger partial charge < -0.3 is 19.9 Å². The molecule has 4 aromatic rings. The Morgan fingerprint density at radius 2 is 1.69 bits per heavy atom. The number of halogens is 2. The number of benzene rings is 2. The van der Waals surface area contributed by atoms with Crippen LogP contribution in [0.4, 0.5) is 21.6 Å². The summed E-state index contributed by atoms with van der Waals surface area (Å²) in [5.41, 5.74) is 1.61. The predicted molar refractivity (Wildman–Crippen MR) is 190 cm³/mol. The Bertz CT molecular complexity index is 1960. The van der Waals surface area contributed by atoms with Crippen molar-refractivity contribution in [2.24, 2.45) is 0 Å². The maximum Gasteiger partial charge on any atom is 0.341 e. The number of nitrogens with zero attached hydrogens (tertiary/aromatic N) is 4. The lowest BCUT2D eigenvalue weighted by Gasteiger charge is -2.36. The zero-order valence-corrected chi connectivity index (χ0v) is 28.9. The van der Waals surface area contributed by atoms with Gasteiger partial charge in [0.2, 0.25) is 5.43 Å². The first-order valence-corrected chi connectivity index (χ1v) is 16.1. The molecule has 0 bridgehead atoms. The van der Waals surface area contributed by atoms with E-state index >= 15 is 4.39 Å². The van der Waals surface area contributed by atoms with Crippen LogP contribution in [0, 0.1) is 12.7 Å². The van der Waals surface area contributed by atoms with Crippen molar-refractivity contribution < 1.29 is 14.3 Å². The standard InChI is InChI=1S/C35H43FN6O5.ClH/c1-6-23-17-24(10-9-22(23)2)37-30-20-31(43)41(34(47)38-30)12-8-7-11-39-13-15-40(16-14-39)29-19-28-25(18-27(29)36)32(44)26(33(45)46)21-42(28)35(3,4)5;/h9-10,17-21,37H,6-8,11-16H2,1-5H3,(H,38,47)(H,45,46);1H. The van der Waals surface area contributed by atoms with Gasteiger partial charge in [0, 0.05) is 61.6 Å². The topological polar surface area (TPSA) is 133 Å². The van der Waals surface area contributed by atoms with Crippen molar-refractivity contribution in [2.75, 3.05) is 42.9 Å². The first-order chi connectivity index (χ1) is 22.3. The molecule has 1 aliphatic heterocycles. The van der Waals surface area contributed by atoms with Crippen LogP contribution in [0.2, 0.25) is 0 Å². The highest BCUT2D eigenvalue weighted by atomic mass is 35.5. The normalized spacial score (nSPS) is 13.8. The van der Waals surface area contributed by atoms with E-state index in [0.29, 0.717) is 56.2 Å². The van der Waals surface area contributed by atoms with Crippen molar-refractivity contribution >= 4 is 46.5 Å². The van der Waals surface area contributed by atoms with Crippen LogP contribution >= 0.6 is 12.4 Å². The maximum atomic E-state index is 15.4. The van der Waals surface area contributed by atoms with Crippen molar-refractivity contribution in [3.05, 3.63) is 96.2 Å². The third kappa shape index (κ3) is 7.82. The smallest absolute Gasteiger partial charge is 0.341 e. The zero-order valence-electron chi connectivity index (χ0n) is 28.1. The molecule has 0 radical (unpaired) electrons. The van der Waals surface area contributed by atoms with Crippen LogP contribution in [0.3, 0.4) is 0 Å². The van der Waals surface area contributed by atoms with E-state index in [0.717, 1.165) is 31.1 Å². The Kier molecular flexibility index (Phi) is 11.2. The van der Waals surface area contributed by atoms with Crippen LogP contribution < -0.4 is 26.9 Å². The number of pyridine rings is 1. The Labute approximate surface area is 284 Å². The summed E-state index contributed by atoms with van der Waals surface area (Å²) in [6.45, 7) is 13.4. The van der Waals surface area contributed by atoms with Crippen LogP contribution in [0.1, 0.15) is 62.0 Å². The molecule has 1 saturated heterocycles. The third-order valence-corrected chi connectivity index (χ3v) is 8.87. The number of aromatic nitrogens is 3. The maximum absolute atomic E-state index is 15.4. The largest absolute Gasteiger partial charge is 0.477 e. The minimum Gasteiger partial charge on any atom is -0.477 e. The number of aromatic carboxylic acids is 1. The Morgan fingerprint density at radius 3 is 2.31 bits per heavy atom. The summed E-state index contributed by atoms with van der Waals surface area (Å²) in [5.74, 6) is -1.55. The monoisotopic (exact) mass is 682 g/mol. The second-order valence-electron chi connectivity index (χ2n) is 13.2. The molecular weight excluding hydrogens is 639 g/mol. The number of nitrogens with one attached hydrogen (secondary N) is 2. The molecule has 2 aromatic carbocycles. The van der Waals surface area contributed by atoms with Gasteiger partial charge in [-0.2, -0.15) is 0 Å². The van der Waals surface area contributed by atoms with Crippen LogP contribution in [-0.2, 0) is 18.5 Å². The fraction of sp³-hybridized carbons (Fsp3) is 0.429. The highest BCUT2D eigenvalue weighted by Gasteiger charge is 2.25. The number of carboxylic acids is 1. The van der Waals surface area contributed by atoms with Gasteiger partial charge in [-0.1, -0.05) is 13.0 Å². The number of piperazine rings is 1. The number of aryl methyl sites for hydroxylation is 2. The van der Waals surface area contributed by atoms with E-state index < -0.39 is 28.4 Å². The summed E-state index contributed by atoms with van der Waals surface area (Å²) in [5, 5.41) is 12.7. The first kappa shape index (κ1) is 36.4. The van der Waals surface area contributed by atoms with E-state index in [1.807, 2.05) is 50.8 Å². The lowest BCUT2D eigenvalue weighted by molar-refractivity contribution is 0.0694. The molecule has 3 N–H and O–H groups in total. The Balaban J connectivity index is 0.00000520. The Hall–Kier alpha value is -4.42. The lowest BCUT2D eigenvalue weighted by Crippen LogP contribution is -2.47. The lowest BCUT2D eigenvalue weighted by atomic mass is 10.0. The molecule has 0 aliphatic carbocycles. The number of H-pyrrole nitrogens is 1. The summed E-state index contributed by atoms with van der Waals surface area (Å²) in [6.07, 6.45) is 3.66. The minimum absolute atomic E-state index is 0. The number of hydrogen-bond donors (Lipinski definition) is 3. The van der Waals surface area contributed by atoms with E-state index in [4.69, 9.17) is 0 Å². The average molecular weight is 683 g/mol. The number of fused-ring (bicyclic) bond motifs is 1. The molecule has 0 atom stereocenters. The van der Waals surface area contributed by atoms with Gasteiger partial charge >= 0.3 is 11.7 Å². The third-order valence-electron chi connectivity index (χ3n) is 8.87. The molecular formula is C35H44ClFN6O5. The van der Waals surface area contributed by atoms with Crippen molar-refractivity contribution in [1.29, 1.82) is 0 Å². The number of carbonyl (C=O) groups is 1. The molecule has 0 spiro atoms. The van der Waals surface area contributed by atoms with Crippen molar-refractivity contribution in [3.63, 3.8) is 0 Å². The highest BCUT2D eigenvalue weighted by Crippen LogP contribution is 2.29. The first-order valence-electron chi connectivity index (χ1n) is 16.1. The molecule has 258 valence electrons. The zero-order chi connectivity index (χ0) is 34.0. The number of carboxylic acid groups (broad SMARTS) is 1. The molecule has 11 nitrogen and oxygen atoms in total. The second kappa shape index (κ2) is 14.8. The summed E-state index contributed by atoms with van der Waals surface area (Å²) in [4.78, 5) is 57.1. The summed E-state index contributed by atoms with van der Waals surface area (Å²) >= 11 is 0. The number of anilines is 3. The number of rotatable bonds is 10. The summed E-state index contributed by atoms with van der Waals surface area (Å²) < 4.78 is 18.3. The molecule has 0 amide bonds. The molecule has 13 heteroatoms. The van der Waals surface area contributed by atoms with E-state index in [1.165, 1.54) is 28.0 Å². The highest BCUT2D eigenvalue weighted by molar-refractivity contribution is 5.93. The molecule has 0 unspecified atom stereocenters. The molecule has 5 rings (SSSR count). The van der Waals surface area contributed by atoms with Gasteiger partial charge in [0.15, 0.2) is 0 Å². The number of unbranched alkanes of at least 4 members (excludes halogenated alkanes) is 1. The fourth-order valence-electron chi connectivity index (χ4n) is 6.19. The van der Waals surface area contributed by atoms with Crippen molar-refractivity contribution in [3.8, 4) is 0 Å². The van der Waals surface area contributed by atoms with E-state index in [9.17, 15) is 24.3 Å². The van der Waals surface area contributed by atoms with Gasteiger partial charge in [-0.3, -0.25) is 24.0 Å². The molecule has 1 aliphatic rings. The van der Waals surface area contributed by atoms with E-state index in [1.54, 1.807) is 10.6 Å². The van der Waals surface area contributed by atoms with Crippen LogP contribution in [0.15, 0.2) is 57.0 Å². The number of aromatic amines is 1. The van der Waals surface area contributed by atoms with Gasteiger partial charge in [0.1, 0.15) is 17.2 Å². The summed E-state index contributed by atoms with van der Waals surface area (Å²) in [7, 11) is 0. The average Bonchev–Trinajstić information content (AvgIpc) is 3.01. The van der Waals surface area contributed by atoms with Crippen LogP contribution in [-0.4, -0.2) is 62.8 Å². The van der Waals surface area contributed by atoms with Crippen molar-refractivity contribution in [1.82, 2.24) is 19.0 Å². The van der Waals surface area contributed by atoms with E-state index in [2.05, 4.69) is 22.1 Å². The molecule has 1 fully saturated rings. The van der Waals surface area contributed by atoms with Gasteiger partial charge in [-0.05, 0) is 88.9 Å². The van der Waals surface area contributed by atoms with Gasteiger partial charge in [-0.15, -0.1) is 12.4 Å². The van der Waals surface area contributed by atoms with Crippen LogP contribution in [0.25, 0.3) is 10.9 Å². The van der Waals surface area contributed by atoms with Crippen molar-refractivity contribution in [2.45, 2.75) is 66.0 Å².